The predicted octanol–water partition coefficient (Wildman–Crippen LogP) is 3.80. The van der Waals surface area contributed by atoms with Crippen LogP contribution in [0, 0.1) is 5.92 Å². The number of nitrogens with one attached hydrogen (secondary N) is 1. The van der Waals surface area contributed by atoms with Crippen LogP contribution >= 0.6 is 24.0 Å². The highest BCUT2D eigenvalue weighted by Gasteiger charge is 2.28. The van der Waals surface area contributed by atoms with Gasteiger partial charge in [0, 0.05) is 26.2 Å². The lowest BCUT2D eigenvalue weighted by Gasteiger charge is -2.39. The molecule has 0 spiro atoms. The Bertz CT molecular complexity index is 858. The highest BCUT2D eigenvalue weighted by Crippen LogP contribution is 2.32. The zero-order valence-electron chi connectivity index (χ0n) is 19.0. The Balaban J connectivity index is 0.00000363. The number of guanidine groups is 1. The van der Waals surface area contributed by atoms with Crippen molar-refractivity contribution in [1.29, 1.82) is 0 Å². The molecule has 7 heteroatoms. The van der Waals surface area contributed by atoms with Crippen molar-refractivity contribution < 1.29 is 9.53 Å². The molecule has 3 N–H and O–H groups in total. The Hall–Kier alpha value is -2.29. The van der Waals surface area contributed by atoms with Gasteiger partial charge in [0.2, 0.25) is 0 Å². The van der Waals surface area contributed by atoms with Crippen LogP contribution in [0.25, 0.3) is 0 Å². The number of halogens is 1. The van der Waals surface area contributed by atoms with E-state index in [0.717, 1.165) is 45.0 Å². The molecule has 174 valence electrons. The smallest absolute Gasteiger partial charge is 0.255 e. The van der Waals surface area contributed by atoms with E-state index in [0.29, 0.717) is 17.6 Å². The van der Waals surface area contributed by atoms with Gasteiger partial charge in [0.05, 0.1) is 0 Å². The average Bonchev–Trinajstić information content (AvgIpc) is 2.78. The number of aliphatic imine (C=N–C) groups is 1. The molecular weight excluding hydrogens is 515 g/mol. The Labute approximate surface area is 208 Å². The maximum Gasteiger partial charge on any atom is 0.255 e. The number of hydrogen-bond donors (Lipinski definition) is 2. The van der Waals surface area contributed by atoms with Gasteiger partial charge in [-0.15, -0.1) is 24.0 Å². The van der Waals surface area contributed by atoms with E-state index in [9.17, 15) is 4.79 Å². The van der Waals surface area contributed by atoms with E-state index < -0.39 is 5.91 Å². The molecule has 1 aliphatic heterocycles. The molecular formula is C25H35IN4O2. The van der Waals surface area contributed by atoms with Gasteiger partial charge in [0.15, 0.2) is 12.6 Å². The number of benzene rings is 2. The summed E-state index contributed by atoms with van der Waals surface area (Å²) in [6.45, 7) is 7.96. The zero-order valence-corrected chi connectivity index (χ0v) is 21.3. The first-order valence-corrected chi connectivity index (χ1v) is 11.1. The predicted molar refractivity (Wildman–Crippen MR) is 141 cm³/mol. The number of carbonyl (C=O) groups is 1. The van der Waals surface area contributed by atoms with Gasteiger partial charge in [-0.05, 0) is 54.9 Å². The standard InChI is InChI=1S/C25H34N4O2.HI/c1-3-27-25(28-15-13-20-9-11-22(12-10-20)31-18-24(26)30)29-16-14-23(19(2)17-29)21-7-5-4-6-8-21;/h4-12,19,23H,3,13-18H2,1-2H3,(H2,26,30)(H,27,28);1H. The summed E-state index contributed by atoms with van der Waals surface area (Å²) in [5.41, 5.74) is 7.73. The molecule has 2 atom stereocenters. The molecule has 6 nitrogen and oxygen atoms in total. The summed E-state index contributed by atoms with van der Waals surface area (Å²) in [6, 6.07) is 18.6. The topological polar surface area (TPSA) is 80.0 Å². The first-order chi connectivity index (χ1) is 15.1. The number of carbonyl (C=O) groups excluding carboxylic acids is 1. The SMILES string of the molecule is CCNC(=NCCc1ccc(OCC(N)=O)cc1)N1CCC(c2ccccc2)C(C)C1.I. The molecule has 1 amide bonds. The Morgan fingerprint density at radius 1 is 1.19 bits per heavy atom. The van der Waals surface area contributed by atoms with Gasteiger partial charge >= 0.3 is 0 Å². The number of nitrogens with two attached hydrogens (primary N) is 1. The van der Waals surface area contributed by atoms with Crippen LogP contribution in [-0.2, 0) is 11.2 Å². The first kappa shape index (κ1) is 26.0. The number of rotatable bonds is 8. The van der Waals surface area contributed by atoms with Crippen molar-refractivity contribution in [3.63, 3.8) is 0 Å². The second-order valence-corrected chi connectivity index (χ2v) is 8.11. The van der Waals surface area contributed by atoms with Crippen molar-refractivity contribution in [2.24, 2.45) is 16.6 Å². The molecule has 32 heavy (non-hydrogen) atoms. The van der Waals surface area contributed by atoms with Gasteiger partial charge in [-0.25, -0.2) is 0 Å². The Morgan fingerprint density at radius 2 is 1.91 bits per heavy atom. The highest BCUT2D eigenvalue weighted by molar-refractivity contribution is 14.0. The molecule has 0 bridgehead atoms. The molecule has 1 heterocycles. The fourth-order valence-electron chi connectivity index (χ4n) is 4.16. The molecule has 2 aromatic rings. The fourth-order valence-corrected chi connectivity index (χ4v) is 4.16. The third kappa shape index (κ3) is 7.69. The zero-order chi connectivity index (χ0) is 22.1. The number of nitrogens with zero attached hydrogens (tertiary/aromatic N) is 2. The second-order valence-electron chi connectivity index (χ2n) is 8.11. The summed E-state index contributed by atoms with van der Waals surface area (Å²) in [5.74, 6) is 2.36. The van der Waals surface area contributed by atoms with Gasteiger partial charge in [-0.1, -0.05) is 49.4 Å². The summed E-state index contributed by atoms with van der Waals surface area (Å²) < 4.78 is 5.31. The Morgan fingerprint density at radius 3 is 2.53 bits per heavy atom. The number of hydrogen-bond acceptors (Lipinski definition) is 3. The number of primary amides is 1. The minimum absolute atomic E-state index is 0. The van der Waals surface area contributed by atoms with Crippen LogP contribution < -0.4 is 15.8 Å². The molecule has 1 fully saturated rings. The van der Waals surface area contributed by atoms with Crippen molar-refractivity contribution in [2.75, 3.05) is 32.8 Å². The van der Waals surface area contributed by atoms with Crippen LogP contribution in [0.3, 0.4) is 0 Å². The molecule has 0 aromatic heterocycles. The van der Waals surface area contributed by atoms with Crippen LogP contribution in [0.5, 0.6) is 5.75 Å². The average molecular weight is 550 g/mol. The number of piperidine rings is 1. The van der Waals surface area contributed by atoms with Crippen LogP contribution in [0.15, 0.2) is 59.6 Å². The molecule has 1 aliphatic rings. The van der Waals surface area contributed by atoms with Crippen molar-refractivity contribution >= 4 is 35.8 Å². The van der Waals surface area contributed by atoms with E-state index in [2.05, 4.69) is 54.4 Å². The number of amides is 1. The summed E-state index contributed by atoms with van der Waals surface area (Å²) in [5, 5.41) is 3.46. The van der Waals surface area contributed by atoms with E-state index in [4.69, 9.17) is 15.5 Å². The molecule has 1 saturated heterocycles. The summed E-state index contributed by atoms with van der Waals surface area (Å²) in [6.07, 6.45) is 1.99. The maximum absolute atomic E-state index is 10.8. The largest absolute Gasteiger partial charge is 0.484 e. The van der Waals surface area contributed by atoms with Gasteiger partial charge in [0.1, 0.15) is 5.75 Å². The normalized spacial score (nSPS) is 18.6. The lowest BCUT2D eigenvalue weighted by Crippen LogP contribution is -2.48. The summed E-state index contributed by atoms with van der Waals surface area (Å²) in [7, 11) is 0. The van der Waals surface area contributed by atoms with E-state index in [1.165, 1.54) is 11.1 Å². The highest BCUT2D eigenvalue weighted by atomic mass is 127. The second kappa shape index (κ2) is 13.3. The van der Waals surface area contributed by atoms with E-state index in [-0.39, 0.29) is 30.6 Å². The van der Waals surface area contributed by atoms with Crippen LogP contribution in [-0.4, -0.2) is 49.6 Å². The van der Waals surface area contributed by atoms with E-state index >= 15 is 0 Å². The van der Waals surface area contributed by atoms with Crippen molar-refractivity contribution in [3.05, 3.63) is 65.7 Å². The van der Waals surface area contributed by atoms with Gasteiger partial charge in [0.25, 0.3) is 5.91 Å². The molecule has 2 unspecified atom stereocenters. The molecule has 0 radical (unpaired) electrons. The maximum atomic E-state index is 10.8. The molecule has 0 saturated carbocycles. The number of ether oxygens (including phenoxy) is 1. The van der Waals surface area contributed by atoms with Crippen molar-refractivity contribution in [2.45, 2.75) is 32.6 Å². The van der Waals surface area contributed by atoms with Crippen molar-refractivity contribution in [3.8, 4) is 5.75 Å². The molecule has 2 aromatic carbocycles. The van der Waals surface area contributed by atoms with E-state index in [1.54, 1.807) is 0 Å². The fraction of sp³-hybridized carbons (Fsp3) is 0.440. The van der Waals surface area contributed by atoms with Crippen molar-refractivity contribution in [1.82, 2.24) is 10.2 Å². The minimum Gasteiger partial charge on any atom is -0.484 e. The number of likely N-dealkylation sites (tertiary alicyclic amines) is 1. The van der Waals surface area contributed by atoms with Gasteiger partial charge < -0.3 is 20.7 Å². The summed E-state index contributed by atoms with van der Waals surface area (Å²) in [4.78, 5) is 18.1. The van der Waals surface area contributed by atoms with Crippen LogP contribution in [0.4, 0.5) is 0 Å². The minimum atomic E-state index is -0.475. The lowest BCUT2D eigenvalue weighted by atomic mass is 9.82. The summed E-state index contributed by atoms with van der Waals surface area (Å²) >= 11 is 0. The van der Waals surface area contributed by atoms with Gasteiger partial charge in [-0.2, -0.15) is 0 Å². The third-order valence-corrected chi connectivity index (χ3v) is 5.73. The monoisotopic (exact) mass is 550 g/mol. The molecule has 0 aliphatic carbocycles. The third-order valence-electron chi connectivity index (χ3n) is 5.73. The first-order valence-electron chi connectivity index (χ1n) is 11.1. The quantitative estimate of drug-likeness (QED) is 0.298. The van der Waals surface area contributed by atoms with Crippen LogP contribution in [0.1, 0.15) is 37.3 Å². The Kier molecular flexibility index (Phi) is 10.8. The van der Waals surface area contributed by atoms with Crippen LogP contribution in [0.2, 0.25) is 0 Å². The van der Waals surface area contributed by atoms with Gasteiger partial charge in [-0.3, -0.25) is 9.79 Å². The lowest BCUT2D eigenvalue weighted by molar-refractivity contribution is -0.119. The van der Waals surface area contributed by atoms with E-state index in [1.807, 2.05) is 24.3 Å². The molecule has 3 rings (SSSR count).